The van der Waals surface area contributed by atoms with Crippen LogP contribution in [0.2, 0.25) is 0 Å². The summed E-state index contributed by atoms with van der Waals surface area (Å²) in [4.78, 5) is 12.1. The Morgan fingerprint density at radius 1 is 1.17 bits per heavy atom. The fourth-order valence-electron chi connectivity index (χ4n) is 8.92. The van der Waals surface area contributed by atoms with Crippen LogP contribution in [0.15, 0.2) is 12.2 Å². The molecule has 0 heterocycles. The predicted octanol–water partition coefficient (Wildman–Crippen LogP) is 6.57. The predicted molar refractivity (Wildman–Crippen MR) is 119 cm³/mol. The molecule has 4 aliphatic rings. The van der Waals surface area contributed by atoms with Crippen LogP contribution >= 0.6 is 0 Å². The summed E-state index contributed by atoms with van der Waals surface area (Å²) in [6.07, 6.45) is 12.3. The van der Waals surface area contributed by atoms with Gasteiger partial charge in [0.25, 0.3) is 0 Å². The Morgan fingerprint density at radius 2 is 1.90 bits per heavy atom. The first-order valence-corrected chi connectivity index (χ1v) is 12.5. The molecule has 0 aromatic rings. The number of Topliss-reactive ketones (excluding diaryl/α,β-unsaturated/α-hetero) is 1. The van der Waals surface area contributed by atoms with Gasteiger partial charge in [-0.3, -0.25) is 4.79 Å². The molecule has 0 aromatic carbocycles. The number of allylic oxidation sites excluding steroid dienone is 1. The van der Waals surface area contributed by atoms with Crippen LogP contribution in [0.1, 0.15) is 98.3 Å². The highest BCUT2D eigenvalue weighted by molar-refractivity contribution is 5.79. The molecule has 0 saturated heterocycles. The topological polar surface area (TPSA) is 37.3 Å². The van der Waals surface area contributed by atoms with Gasteiger partial charge < -0.3 is 5.11 Å². The lowest BCUT2D eigenvalue weighted by Gasteiger charge is -2.62. The van der Waals surface area contributed by atoms with E-state index in [9.17, 15) is 9.90 Å². The van der Waals surface area contributed by atoms with Crippen molar-refractivity contribution in [3.63, 3.8) is 0 Å². The SMILES string of the molecule is C=C(C)CCC[C@@H](C)[C@H]1CC[C@H]2[C@@H]3C(O)CC4CC(=O)CC[C@]4(C)[C@H]3CC[C@]12C. The largest absolute Gasteiger partial charge is 0.393 e. The summed E-state index contributed by atoms with van der Waals surface area (Å²) in [6.45, 7) is 13.8. The summed E-state index contributed by atoms with van der Waals surface area (Å²) in [6, 6.07) is 0. The van der Waals surface area contributed by atoms with Crippen molar-refractivity contribution in [3.05, 3.63) is 12.2 Å². The fourth-order valence-corrected chi connectivity index (χ4v) is 8.92. The number of hydrogen-bond acceptors (Lipinski definition) is 2. The second-order valence-electron chi connectivity index (χ2n) is 12.1. The number of rotatable bonds is 5. The summed E-state index contributed by atoms with van der Waals surface area (Å²) >= 11 is 0. The van der Waals surface area contributed by atoms with E-state index in [1.54, 1.807) is 0 Å². The average molecular weight is 401 g/mol. The quantitative estimate of drug-likeness (QED) is 0.530. The first kappa shape index (κ1) is 21.6. The molecule has 0 spiro atoms. The van der Waals surface area contributed by atoms with E-state index in [0.717, 1.165) is 37.5 Å². The van der Waals surface area contributed by atoms with Crippen molar-refractivity contribution in [2.45, 2.75) is 104 Å². The Hall–Kier alpha value is -0.630. The zero-order valence-electron chi connectivity index (χ0n) is 19.4. The van der Waals surface area contributed by atoms with Crippen molar-refractivity contribution >= 4 is 5.78 Å². The van der Waals surface area contributed by atoms with Gasteiger partial charge in [0.2, 0.25) is 0 Å². The number of carbonyl (C=O) groups excluding carboxylic acids is 1. The molecule has 2 unspecified atom stereocenters. The molecule has 1 N–H and O–H groups in total. The summed E-state index contributed by atoms with van der Waals surface area (Å²) < 4.78 is 0. The highest BCUT2D eigenvalue weighted by Gasteiger charge is 2.62. The molecular weight excluding hydrogens is 356 g/mol. The number of fused-ring (bicyclic) bond motifs is 5. The summed E-state index contributed by atoms with van der Waals surface area (Å²) in [5.74, 6) is 4.21. The van der Waals surface area contributed by atoms with Crippen molar-refractivity contribution in [2.24, 2.45) is 46.3 Å². The Kier molecular flexibility index (Phi) is 5.82. The molecule has 4 rings (SSSR count). The first-order valence-electron chi connectivity index (χ1n) is 12.5. The minimum Gasteiger partial charge on any atom is -0.393 e. The van der Waals surface area contributed by atoms with Gasteiger partial charge in [0.05, 0.1) is 6.10 Å². The van der Waals surface area contributed by atoms with Crippen molar-refractivity contribution in [2.75, 3.05) is 0 Å². The maximum absolute atomic E-state index is 12.1. The Bertz CT molecular complexity index is 653. The molecule has 164 valence electrons. The van der Waals surface area contributed by atoms with Gasteiger partial charge in [-0.2, -0.15) is 0 Å². The summed E-state index contributed by atoms with van der Waals surface area (Å²) in [7, 11) is 0. The molecule has 4 saturated carbocycles. The van der Waals surface area contributed by atoms with Crippen LogP contribution in [0.3, 0.4) is 0 Å². The van der Waals surface area contributed by atoms with Crippen molar-refractivity contribution in [1.29, 1.82) is 0 Å². The summed E-state index contributed by atoms with van der Waals surface area (Å²) in [5, 5.41) is 11.3. The molecule has 0 amide bonds. The van der Waals surface area contributed by atoms with Gasteiger partial charge in [0.1, 0.15) is 5.78 Å². The molecule has 9 atom stereocenters. The van der Waals surface area contributed by atoms with Crippen molar-refractivity contribution in [1.82, 2.24) is 0 Å². The van der Waals surface area contributed by atoms with Crippen LogP contribution in [0, 0.1) is 46.3 Å². The van der Waals surface area contributed by atoms with Crippen LogP contribution in [0.4, 0.5) is 0 Å². The third-order valence-electron chi connectivity index (χ3n) is 10.5. The van der Waals surface area contributed by atoms with E-state index >= 15 is 0 Å². The van der Waals surface area contributed by atoms with Gasteiger partial charge in [-0.05, 0) is 105 Å². The third kappa shape index (κ3) is 3.56. The van der Waals surface area contributed by atoms with Crippen LogP contribution in [-0.2, 0) is 4.79 Å². The van der Waals surface area contributed by atoms with E-state index in [2.05, 4.69) is 34.3 Å². The smallest absolute Gasteiger partial charge is 0.133 e. The van der Waals surface area contributed by atoms with Gasteiger partial charge in [-0.1, -0.05) is 32.8 Å². The number of aliphatic hydroxyl groups excluding tert-OH is 1. The average Bonchev–Trinajstić information content (AvgIpc) is 3.00. The lowest BCUT2D eigenvalue weighted by atomic mass is 9.44. The number of carbonyl (C=O) groups is 1. The third-order valence-corrected chi connectivity index (χ3v) is 10.5. The van der Waals surface area contributed by atoms with E-state index in [-0.39, 0.29) is 11.5 Å². The second kappa shape index (κ2) is 7.81. The van der Waals surface area contributed by atoms with Gasteiger partial charge >= 0.3 is 0 Å². The highest BCUT2D eigenvalue weighted by Crippen LogP contribution is 2.68. The van der Waals surface area contributed by atoms with Gasteiger partial charge in [0, 0.05) is 12.8 Å². The van der Waals surface area contributed by atoms with Crippen molar-refractivity contribution < 1.29 is 9.90 Å². The maximum Gasteiger partial charge on any atom is 0.133 e. The molecule has 2 nitrogen and oxygen atoms in total. The molecule has 4 aliphatic carbocycles. The van der Waals surface area contributed by atoms with Crippen molar-refractivity contribution in [3.8, 4) is 0 Å². The van der Waals surface area contributed by atoms with Gasteiger partial charge in [0.15, 0.2) is 0 Å². The zero-order valence-corrected chi connectivity index (χ0v) is 19.4. The normalized spacial score (nSPS) is 47.8. The minimum atomic E-state index is -0.189. The molecule has 29 heavy (non-hydrogen) atoms. The highest BCUT2D eigenvalue weighted by atomic mass is 16.3. The molecular formula is C27H44O2. The lowest BCUT2D eigenvalue weighted by molar-refractivity contribution is -0.168. The van der Waals surface area contributed by atoms with Gasteiger partial charge in [-0.25, -0.2) is 0 Å². The number of ketones is 1. The Morgan fingerprint density at radius 3 is 2.62 bits per heavy atom. The van der Waals surface area contributed by atoms with Crippen LogP contribution in [0.25, 0.3) is 0 Å². The van der Waals surface area contributed by atoms with E-state index in [1.165, 1.54) is 50.5 Å². The van der Waals surface area contributed by atoms with Crippen LogP contribution < -0.4 is 0 Å². The standard InChI is InChI=1S/C27H44O2/c1-17(2)7-6-8-18(3)21-9-10-22-25-23(12-14-27(21,22)5)26(4)13-11-20(28)15-19(26)16-24(25)29/h18-19,21-25,29H,1,6-16H2,2-5H3/t18-,19?,21-,22+,23+,24?,25+,26+,27-/m1/s1. The van der Waals surface area contributed by atoms with Crippen LogP contribution in [0.5, 0.6) is 0 Å². The number of hydrogen-bond donors (Lipinski definition) is 1. The minimum absolute atomic E-state index is 0.189. The number of aliphatic hydroxyl groups is 1. The molecule has 0 aliphatic heterocycles. The van der Waals surface area contributed by atoms with Gasteiger partial charge in [-0.15, -0.1) is 6.58 Å². The maximum atomic E-state index is 12.1. The van der Waals surface area contributed by atoms with Crippen LogP contribution in [-0.4, -0.2) is 17.0 Å². The summed E-state index contributed by atoms with van der Waals surface area (Å²) in [5.41, 5.74) is 2.00. The first-order chi connectivity index (χ1) is 13.7. The van der Waals surface area contributed by atoms with E-state index in [4.69, 9.17) is 0 Å². The Labute approximate surface area is 178 Å². The van der Waals surface area contributed by atoms with E-state index in [1.807, 2.05) is 0 Å². The van der Waals surface area contributed by atoms with E-state index in [0.29, 0.717) is 34.9 Å². The lowest BCUT2D eigenvalue weighted by Crippen LogP contribution is -2.58. The molecule has 0 aromatic heterocycles. The molecule has 0 bridgehead atoms. The molecule has 0 radical (unpaired) electrons. The fraction of sp³-hybridized carbons (Fsp3) is 0.889. The Balaban J connectivity index is 1.52. The molecule has 4 fully saturated rings. The monoisotopic (exact) mass is 400 g/mol. The zero-order chi connectivity index (χ0) is 21.0. The van der Waals surface area contributed by atoms with E-state index < -0.39 is 0 Å². The molecule has 2 heteroatoms. The second-order valence-corrected chi connectivity index (χ2v) is 12.1.